The van der Waals surface area contributed by atoms with Crippen molar-refractivity contribution in [3.63, 3.8) is 0 Å². The molecule has 0 saturated carbocycles. The second-order valence-corrected chi connectivity index (χ2v) is 5.69. The fourth-order valence-electron chi connectivity index (χ4n) is 2.46. The molecule has 7 heteroatoms. The van der Waals surface area contributed by atoms with Crippen LogP contribution in [0.3, 0.4) is 0 Å². The second kappa shape index (κ2) is 8.96. The lowest BCUT2D eigenvalue weighted by Crippen LogP contribution is -2.27. The largest absolute Gasteiger partial charge is 0.456 e. The van der Waals surface area contributed by atoms with E-state index in [0.717, 1.165) is 23.9 Å². The number of hydrogen-bond donors (Lipinski definition) is 1. The number of para-hydroxylation sites is 2. The van der Waals surface area contributed by atoms with Gasteiger partial charge in [0.25, 0.3) is 11.5 Å². The van der Waals surface area contributed by atoms with Crippen LogP contribution in [0.15, 0.2) is 29.1 Å². The average Bonchev–Trinajstić information content (AvgIpc) is 2.63. The Labute approximate surface area is 146 Å². The van der Waals surface area contributed by atoms with Crippen molar-refractivity contribution in [1.29, 1.82) is 0 Å². The van der Waals surface area contributed by atoms with Gasteiger partial charge >= 0.3 is 5.97 Å². The molecule has 0 aliphatic heterocycles. The monoisotopic (exact) mass is 345 g/mol. The van der Waals surface area contributed by atoms with Gasteiger partial charge in [-0.05, 0) is 18.6 Å². The number of carbonyl (C=O) groups excluding carboxylic acids is 2. The number of nitrogens with zero attached hydrogens (tertiary/aromatic N) is 2. The third kappa shape index (κ3) is 4.89. The molecule has 1 amide bonds. The first-order valence-electron chi connectivity index (χ1n) is 8.41. The van der Waals surface area contributed by atoms with Crippen molar-refractivity contribution in [2.24, 2.45) is 0 Å². The minimum absolute atomic E-state index is 0.00531. The summed E-state index contributed by atoms with van der Waals surface area (Å²) in [5, 5.41) is 2.37. The lowest BCUT2D eigenvalue weighted by Gasteiger charge is -2.11. The molecule has 2 aromatic rings. The van der Waals surface area contributed by atoms with Crippen LogP contribution in [0.5, 0.6) is 0 Å². The molecule has 0 bridgehead atoms. The number of esters is 1. The summed E-state index contributed by atoms with van der Waals surface area (Å²) in [6, 6.07) is 7.47. The molecule has 1 aromatic heterocycles. The highest BCUT2D eigenvalue weighted by Crippen LogP contribution is 2.12. The van der Waals surface area contributed by atoms with Crippen molar-refractivity contribution >= 4 is 22.9 Å². The topological polar surface area (TPSA) is 90.3 Å². The van der Waals surface area contributed by atoms with Crippen LogP contribution < -0.4 is 10.9 Å². The molecule has 1 heterocycles. The number of fused-ring (bicyclic) bond motifs is 1. The van der Waals surface area contributed by atoms with E-state index in [4.69, 9.17) is 4.74 Å². The number of aryl methyl sites for hydroxylation is 2. The Morgan fingerprint density at radius 2 is 2.04 bits per heavy atom. The zero-order valence-electron chi connectivity index (χ0n) is 14.6. The summed E-state index contributed by atoms with van der Waals surface area (Å²) in [6.07, 6.45) is 2.06. The van der Waals surface area contributed by atoms with Crippen molar-refractivity contribution in [3.05, 3.63) is 40.3 Å². The molecule has 7 nitrogen and oxygen atoms in total. The number of hydrogen-bond acceptors (Lipinski definition) is 5. The molecule has 0 radical (unpaired) electrons. The number of likely N-dealkylation sites (N-methyl/N-ethyl adjacent to an activating group) is 1. The Morgan fingerprint density at radius 1 is 1.28 bits per heavy atom. The van der Waals surface area contributed by atoms with Crippen LogP contribution in [-0.2, 0) is 27.3 Å². The molecular formula is C18H23N3O4. The maximum absolute atomic E-state index is 12.7. The van der Waals surface area contributed by atoms with Gasteiger partial charge in [-0.15, -0.1) is 0 Å². The van der Waals surface area contributed by atoms with Crippen LogP contribution in [0, 0.1) is 0 Å². The predicted octanol–water partition coefficient (Wildman–Crippen LogP) is 1.42. The van der Waals surface area contributed by atoms with Gasteiger partial charge in [0, 0.05) is 20.0 Å². The van der Waals surface area contributed by atoms with Crippen LogP contribution in [0.4, 0.5) is 0 Å². The Kier molecular flexibility index (Phi) is 6.68. The highest BCUT2D eigenvalue weighted by Gasteiger charge is 2.13. The lowest BCUT2D eigenvalue weighted by atomic mass is 10.2. The maximum atomic E-state index is 12.7. The van der Waals surface area contributed by atoms with Gasteiger partial charge in [-0.3, -0.25) is 14.4 Å². The number of nitrogens with one attached hydrogen (secondary N) is 1. The number of carbonyl (C=O) groups is 2. The van der Waals surface area contributed by atoms with Crippen LogP contribution in [0.1, 0.15) is 31.9 Å². The van der Waals surface area contributed by atoms with E-state index >= 15 is 0 Å². The van der Waals surface area contributed by atoms with Crippen molar-refractivity contribution in [3.8, 4) is 0 Å². The minimum atomic E-state index is -0.530. The zero-order chi connectivity index (χ0) is 18.2. The van der Waals surface area contributed by atoms with Gasteiger partial charge in [0.15, 0.2) is 6.61 Å². The van der Waals surface area contributed by atoms with Gasteiger partial charge in [0.1, 0.15) is 5.69 Å². The highest BCUT2D eigenvalue weighted by atomic mass is 16.5. The SMILES string of the molecule is CCCCn1c(=O)c(CCC(=O)OCC(=O)NC)nc2ccccc21. The summed E-state index contributed by atoms with van der Waals surface area (Å²) in [7, 11) is 1.47. The Bertz CT molecular complexity index is 814. The van der Waals surface area contributed by atoms with E-state index in [9.17, 15) is 14.4 Å². The maximum Gasteiger partial charge on any atom is 0.306 e. The first-order chi connectivity index (χ1) is 12.1. The molecule has 1 N–H and O–H groups in total. The van der Waals surface area contributed by atoms with E-state index in [1.807, 2.05) is 24.3 Å². The van der Waals surface area contributed by atoms with Crippen molar-refractivity contribution < 1.29 is 14.3 Å². The van der Waals surface area contributed by atoms with Crippen molar-refractivity contribution in [1.82, 2.24) is 14.9 Å². The Hall–Kier alpha value is -2.70. The van der Waals surface area contributed by atoms with Crippen molar-refractivity contribution in [2.45, 2.75) is 39.2 Å². The molecule has 0 aliphatic rings. The third-order valence-corrected chi connectivity index (χ3v) is 3.86. The van der Waals surface area contributed by atoms with E-state index in [0.29, 0.717) is 12.2 Å². The van der Waals surface area contributed by atoms with Gasteiger partial charge in [-0.25, -0.2) is 4.98 Å². The summed E-state index contributed by atoms with van der Waals surface area (Å²) in [5.41, 5.74) is 1.69. The summed E-state index contributed by atoms with van der Waals surface area (Å²) >= 11 is 0. The lowest BCUT2D eigenvalue weighted by molar-refractivity contribution is -0.148. The molecular weight excluding hydrogens is 322 g/mol. The van der Waals surface area contributed by atoms with E-state index in [-0.39, 0.29) is 30.9 Å². The average molecular weight is 345 g/mol. The van der Waals surface area contributed by atoms with Gasteiger partial charge in [-0.2, -0.15) is 0 Å². The van der Waals surface area contributed by atoms with Gasteiger partial charge in [-0.1, -0.05) is 25.5 Å². The van der Waals surface area contributed by atoms with E-state index in [2.05, 4.69) is 17.2 Å². The first-order valence-corrected chi connectivity index (χ1v) is 8.41. The first kappa shape index (κ1) is 18.6. The number of benzene rings is 1. The summed E-state index contributed by atoms with van der Waals surface area (Å²) < 4.78 is 6.57. The number of ether oxygens (including phenoxy) is 1. The number of amides is 1. The standard InChI is InChI=1S/C18H23N3O4/c1-3-4-11-21-15-8-6-5-7-13(15)20-14(18(21)24)9-10-17(23)25-12-16(22)19-2/h5-8H,3-4,9-12H2,1-2H3,(H,19,22). The van der Waals surface area contributed by atoms with E-state index in [1.165, 1.54) is 7.05 Å². The third-order valence-electron chi connectivity index (χ3n) is 3.86. The molecule has 2 rings (SSSR count). The molecule has 1 aromatic carbocycles. The quantitative estimate of drug-likeness (QED) is 0.731. The Balaban J connectivity index is 2.17. The van der Waals surface area contributed by atoms with Crippen LogP contribution in [0.25, 0.3) is 11.0 Å². The molecule has 0 unspecified atom stereocenters. The van der Waals surface area contributed by atoms with Gasteiger partial charge in [0.2, 0.25) is 0 Å². The van der Waals surface area contributed by atoms with Crippen LogP contribution in [-0.4, -0.2) is 35.1 Å². The Morgan fingerprint density at radius 3 is 2.76 bits per heavy atom. The molecule has 0 atom stereocenters. The smallest absolute Gasteiger partial charge is 0.306 e. The van der Waals surface area contributed by atoms with Crippen molar-refractivity contribution in [2.75, 3.05) is 13.7 Å². The molecule has 0 saturated heterocycles. The molecule has 0 aliphatic carbocycles. The number of aromatic nitrogens is 2. The fourth-order valence-corrected chi connectivity index (χ4v) is 2.46. The summed E-state index contributed by atoms with van der Waals surface area (Å²) in [5.74, 6) is -0.905. The predicted molar refractivity (Wildman–Crippen MR) is 94.3 cm³/mol. The molecule has 0 fully saturated rings. The van der Waals surface area contributed by atoms with Gasteiger partial charge in [0.05, 0.1) is 17.5 Å². The molecule has 0 spiro atoms. The second-order valence-electron chi connectivity index (χ2n) is 5.69. The summed E-state index contributed by atoms with van der Waals surface area (Å²) in [4.78, 5) is 39.9. The van der Waals surface area contributed by atoms with Crippen LogP contribution >= 0.6 is 0 Å². The van der Waals surface area contributed by atoms with Gasteiger partial charge < -0.3 is 14.6 Å². The minimum Gasteiger partial charge on any atom is -0.456 e. The van der Waals surface area contributed by atoms with E-state index < -0.39 is 5.97 Å². The fraction of sp³-hybridized carbons (Fsp3) is 0.444. The molecule has 134 valence electrons. The van der Waals surface area contributed by atoms with E-state index in [1.54, 1.807) is 4.57 Å². The van der Waals surface area contributed by atoms with Crippen LogP contribution in [0.2, 0.25) is 0 Å². The molecule has 25 heavy (non-hydrogen) atoms. The summed E-state index contributed by atoms with van der Waals surface area (Å²) in [6.45, 7) is 2.37. The normalized spacial score (nSPS) is 10.6. The number of unbranched alkanes of at least 4 members (excludes halogenated alkanes) is 1. The number of rotatable bonds is 8. The highest BCUT2D eigenvalue weighted by molar-refractivity contribution is 5.80. The zero-order valence-corrected chi connectivity index (χ0v) is 14.6.